The lowest BCUT2D eigenvalue weighted by molar-refractivity contribution is -0.140. The number of benzene rings is 4. The molecule has 0 unspecified atom stereocenters. The summed E-state index contributed by atoms with van der Waals surface area (Å²) >= 11 is 6.05. The number of nitrogens with zero attached hydrogens (tertiary/aromatic N) is 2. The van der Waals surface area contributed by atoms with Crippen molar-refractivity contribution in [1.29, 1.82) is 0 Å². The van der Waals surface area contributed by atoms with E-state index in [1.807, 2.05) is 81.4 Å². The fraction of sp³-hybridized carbons (Fsp3) is 0.257. The van der Waals surface area contributed by atoms with Gasteiger partial charge in [0, 0.05) is 24.0 Å². The quantitative estimate of drug-likeness (QED) is 0.185. The van der Waals surface area contributed by atoms with Gasteiger partial charge in [0.1, 0.15) is 12.6 Å². The van der Waals surface area contributed by atoms with Crippen LogP contribution in [0, 0.1) is 6.92 Å². The molecule has 0 saturated heterocycles. The maximum Gasteiger partial charge on any atom is 0.264 e. The van der Waals surface area contributed by atoms with Crippen molar-refractivity contribution in [2.75, 3.05) is 10.8 Å². The maximum atomic E-state index is 14.4. The average molecular weight is 632 g/mol. The molecule has 0 aromatic heterocycles. The molecule has 0 aliphatic carbocycles. The fourth-order valence-corrected chi connectivity index (χ4v) is 6.29. The van der Waals surface area contributed by atoms with Gasteiger partial charge in [-0.1, -0.05) is 96.9 Å². The van der Waals surface area contributed by atoms with E-state index in [-0.39, 0.29) is 29.8 Å². The van der Waals surface area contributed by atoms with Crippen molar-refractivity contribution in [1.82, 2.24) is 10.2 Å². The van der Waals surface area contributed by atoms with E-state index in [0.717, 1.165) is 27.4 Å². The van der Waals surface area contributed by atoms with Gasteiger partial charge in [0.2, 0.25) is 11.8 Å². The summed E-state index contributed by atoms with van der Waals surface area (Å²) in [6, 6.07) is 30.7. The van der Waals surface area contributed by atoms with Crippen LogP contribution in [-0.4, -0.2) is 43.8 Å². The SMILES string of the molecule is CC[C@H](C)NC(=O)[C@@H](Cc1ccccc1)N(Cc1ccccc1)C(=O)CN(c1ccc(C)cc1)S(=O)(=O)c1ccc(Cl)cc1. The van der Waals surface area contributed by atoms with Crippen molar-refractivity contribution in [2.24, 2.45) is 0 Å². The van der Waals surface area contributed by atoms with E-state index in [4.69, 9.17) is 11.6 Å². The van der Waals surface area contributed by atoms with Gasteiger partial charge >= 0.3 is 0 Å². The van der Waals surface area contributed by atoms with Crippen LogP contribution in [0.15, 0.2) is 114 Å². The summed E-state index contributed by atoms with van der Waals surface area (Å²) < 4.78 is 29.2. The second kappa shape index (κ2) is 15.0. The number of amides is 2. The average Bonchev–Trinajstić information content (AvgIpc) is 3.03. The number of hydrogen-bond acceptors (Lipinski definition) is 4. The zero-order valence-electron chi connectivity index (χ0n) is 25.2. The molecule has 4 aromatic rings. The van der Waals surface area contributed by atoms with Gasteiger partial charge < -0.3 is 10.2 Å². The molecule has 230 valence electrons. The van der Waals surface area contributed by atoms with Gasteiger partial charge in [-0.15, -0.1) is 0 Å². The van der Waals surface area contributed by atoms with Crippen LogP contribution in [0.3, 0.4) is 0 Å². The molecule has 2 amide bonds. The molecule has 0 heterocycles. The first-order valence-corrected chi connectivity index (χ1v) is 16.4. The molecule has 4 rings (SSSR count). The normalized spacial score (nSPS) is 12.6. The first-order chi connectivity index (χ1) is 21.1. The van der Waals surface area contributed by atoms with Crippen molar-refractivity contribution >= 4 is 39.1 Å². The molecule has 2 atom stereocenters. The molecule has 0 bridgehead atoms. The molecule has 0 spiro atoms. The van der Waals surface area contributed by atoms with Crippen molar-refractivity contribution < 1.29 is 18.0 Å². The standard InChI is InChI=1S/C35H38ClN3O4S/c1-4-27(3)37-35(41)33(23-28-11-7-5-8-12-28)38(24-29-13-9-6-10-14-29)34(40)25-39(31-19-15-26(2)16-20-31)44(42,43)32-21-17-30(36)18-22-32/h5-22,27,33H,4,23-25H2,1-3H3,(H,37,41)/t27-,33+/m0/s1. The Morgan fingerprint density at radius 2 is 1.39 bits per heavy atom. The van der Waals surface area contributed by atoms with Crippen LogP contribution in [-0.2, 0) is 32.6 Å². The Labute approximate surface area is 265 Å². The Morgan fingerprint density at radius 1 is 0.818 bits per heavy atom. The number of aryl methyl sites for hydroxylation is 1. The Bertz CT molecular complexity index is 1630. The van der Waals surface area contributed by atoms with Gasteiger partial charge in [0.05, 0.1) is 10.6 Å². The second-order valence-electron chi connectivity index (χ2n) is 10.8. The molecule has 9 heteroatoms. The molecule has 7 nitrogen and oxygen atoms in total. The van der Waals surface area contributed by atoms with Crippen LogP contribution in [0.1, 0.15) is 37.0 Å². The summed E-state index contributed by atoms with van der Waals surface area (Å²) in [5, 5.41) is 3.44. The number of carbonyl (C=O) groups is 2. The second-order valence-corrected chi connectivity index (χ2v) is 13.1. The van der Waals surface area contributed by atoms with E-state index in [1.165, 1.54) is 29.2 Å². The van der Waals surface area contributed by atoms with Crippen molar-refractivity contribution in [3.8, 4) is 0 Å². The van der Waals surface area contributed by atoms with E-state index in [0.29, 0.717) is 10.7 Å². The Kier molecular flexibility index (Phi) is 11.2. The number of hydrogen-bond donors (Lipinski definition) is 1. The van der Waals surface area contributed by atoms with Gasteiger partial charge in [0.25, 0.3) is 10.0 Å². The summed E-state index contributed by atoms with van der Waals surface area (Å²) in [6.45, 7) is 5.40. The first-order valence-electron chi connectivity index (χ1n) is 14.6. The first kappa shape index (κ1) is 32.8. The van der Waals surface area contributed by atoms with Crippen LogP contribution < -0.4 is 9.62 Å². The summed E-state index contributed by atoms with van der Waals surface area (Å²) in [4.78, 5) is 29.8. The van der Waals surface area contributed by atoms with Crippen molar-refractivity contribution in [3.63, 3.8) is 0 Å². The van der Waals surface area contributed by atoms with E-state index >= 15 is 0 Å². The van der Waals surface area contributed by atoms with E-state index in [2.05, 4.69) is 5.32 Å². The summed E-state index contributed by atoms with van der Waals surface area (Å²) in [5.41, 5.74) is 2.98. The molecule has 0 aliphatic rings. The predicted octanol–water partition coefficient (Wildman–Crippen LogP) is 6.40. The van der Waals surface area contributed by atoms with Crippen molar-refractivity contribution in [2.45, 2.75) is 57.1 Å². The van der Waals surface area contributed by atoms with Gasteiger partial charge in [-0.2, -0.15) is 0 Å². The Morgan fingerprint density at radius 3 is 1.95 bits per heavy atom. The van der Waals surface area contributed by atoms with Crippen molar-refractivity contribution in [3.05, 3.63) is 131 Å². The smallest absolute Gasteiger partial charge is 0.264 e. The molecule has 0 saturated carbocycles. The monoisotopic (exact) mass is 631 g/mol. The molecular weight excluding hydrogens is 594 g/mol. The number of halogens is 1. The largest absolute Gasteiger partial charge is 0.352 e. The molecule has 4 aromatic carbocycles. The lowest BCUT2D eigenvalue weighted by atomic mass is 10.0. The van der Waals surface area contributed by atoms with Crippen LogP contribution in [0.5, 0.6) is 0 Å². The third-order valence-electron chi connectivity index (χ3n) is 7.47. The highest BCUT2D eigenvalue weighted by atomic mass is 35.5. The highest BCUT2D eigenvalue weighted by Crippen LogP contribution is 2.26. The zero-order chi connectivity index (χ0) is 31.7. The summed E-state index contributed by atoms with van der Waals surface area (Å²) in [5.74, 6) is -0.804. The molecule has 0 radical (unpaired) electrons. The number of anilines is 1. The third kappa shape index (κ3) is 8.49. The molecule has 1 N–H and O–H groups in total. The number of sulfonamides is 1. The Hall–Kier alpha value is -4.14. The minimum atomic E-state index is -4.19. The molecule has 0 fully saturated rings. The van der Waals surface area contributed by atoms with E-state index < -0.39 is 28.5 Å². The highest BCUT2D eigenvalue weighted by molar-refractivity contribution is 7.92. The summed E-state index contributed by atoms with van der Waals surface area (Å²) in [6.07, 6.45) is 0.979. The molecule has 44 heavy (non-hydrogen) atoms. The predicted molar refractivity (Wildman–Crippen MR) is 176 cm³/mol. The number of rotatable bonds is 13. The summed E-state index contributed by atoms with van der Waals surface area (Å²) in [7, 11) is -4.19. The zero-order valence-corrected chi connectivity index (χ0v) is 26.8. The maximum absolute atomic E-state index is 14.4. The third-order valence-corrected chi connectivity index (χ3v) is 9.51. The van der Waals surface area contributed by atoms with Gasteiger partial charge in [-0.25, -0.2) is 8.42 Å². The lowest BCUT2D eigenvalue weighted by Gasteiger charge is -2.34. The topological polar surface area (TPSA) is 86.8 Å². The number of carbonyl (C=O) groups excluding carboxylic acids is 2. The fourth-order valence-electron chi connectivity index (χ4n) is 4.75. The van der Waals surface area contributed by atoms with Crippen LogP contribution in [0.4, 0.5) is 5.69 Å². The Balaban J connectivity index is 1.79. The number of nitrogens with one attached hydrogen (secondary N) is 1. The highest BCUT2D eigenvalue weighted by Gasteiger charge is 2.35. The van der Waals surface area contributed by atoms with E-state index in [9.17, 15) is 18.0 Å². The van der Waals surface area contributed by atoms with Gasteiger partial charge in [0.15, 0.2) is 0 Å². The van der Waals surface area contributed by atoms with Crippen LogP contribution >= 0.6 is 11.6 Å². The molecular formula is C35H38ClN3O4S. The van der Waals surface area contributed by atoms with Gasteiger partial charge in [-0.3, -0.25) is 13.9 Å². The van der Waals surface area contributed by atoms with E-state index in [1.54, 1.807) is 24.3 Å². The van der Waals surface area contributed by atoms with Crippen LogP contribution in [0.25, 0.3) is 0 Å². The minimum absolute atomic E-state index is 0.000216. The van der Waals surface area contributed by atoms with Crippen LogP contribution in [0.2, 0.25) is 5.02 Å². The van der Waals surface area contributed by atoms with Gasteiger partial charge in [-0.05, 0) is 67.8 Å². The lowest BCUT2D eigenvalue weighted by Crippen LogP contribution is -2.54. The minimum Gasteiger partial charge on any atom is -0.352 e. The molecule has 0 aliphatic heterocycles.